The summed E-state index contributed by atoms with van der Waals surface area (Å²) in [6.07, 6.45) is 0. The Morgan fingerprint density at radius 3 is 2.22 bits per heavy atom. The SMILES string of the molecule is O[Si]c1ccc(S)cc1. The van der Waals surface area contributed by atoms with Crippen molar-refractivity contribution >= 4 is 27.6 Å². The van der Waals surface area contributed by atoms with Crippen LogP contribution < -0.4 is 5.19 Å². The van der Waals surface area contributed by atoms with E-state index in [0.717, 1.165) is 10.1 Å². The van der Waals surface area contributed by atoms with E-state index in [1.54, 1.807) is 0 Å². The van der Waals surface area contributed by atoms with Crippen LogP contribution in [0.2, 0.25) is 0 Å². The van der Waals surface area contributed by atoms with Gasteiger partial charge < -0.3 is 4.80 Å². The first-order valence-electron chi connectivity index (χ1n) is 2.52. The maximum Gasteiger partial charge on any atom is 0.265 e. The molecule has 1 nitrogen and oxygen atoms in total. The molecule has 0 aliphatic carbocycles. The number of hydrogen-bond donors (Lipinski definition) is 2. The van der Waals surface area contributed by atoms with Crippen molar-refractivity contribution in [3.05, 3.63) is 24.3 Å². The first kappa shape index (κ1) is 6.86. The van der Waals surface area contributed by atoms with Crippen LogP contribution in [0, 0.1) is 0 Å². The summed E-state index contributed by atoms with van der Waals surface area (Å²) in [5.41, 5.74) is 0. The highest BCUT2D eigenvalue weighted by Gasteiger charge is 1.89. The van der Waals surface area contributed by atoms with Crippen molar-refractivity contribution in [1.82, 2.24) is 0 Å². The molecule has 0 atom stereocenters. The molecule has 0 bridgehead atoms. The molecule has 0 aliphatic rings. The molecule has 1 aromatic rings. The molecule has 0 spiro atoms. The molecule has 0 aromatic heterocycles. The predicted molar refractivity (Wildman–Crippen MR) is 41.3 cm³/mol. The van der Waals surface area contributed by atoms with Crippen molar-refractivity contribution in [1.29, 1.82) is 0 Å². The Balaban J connectivity index is 2.88. The van der Waals surface area contributed by atoms with Gasteiger partial charge in [0.25, 0.3) is 9.76 Å². The quantitative estimate of drug-likeness (QED) is 0.438. The zero-order valence-electron chi connectivity index (χ0n) is 4.70. The second kappa shape index (κ2) is 3.05. The average molecular weight is 154 g/mol. The van der Waals surface area contributed by atoms with Crippen molar-refractivity contribution in [2.45, 2.75) is 4.90 Å². The van der Waals surface area contributed by atoms with Gasteiger partial charge in [-0.05, 0) is 17.3 Å². The lowest BCUT2D eigenvalue weighted by Crippen LogP contribution is -2.11. The first-order chi connectivity index (χ1) is 4.33. The van der Waals surface area contributed by atoms with Crippen LogP contribution in [-0.2, 0) is 0 Å². The van der Waals surface area contributed by atoms with Crippen LogP contribution in [0.3, 0.4) is 0 Å². The van der Waals surface area contributed by atoms with E-state index < -0.39 is 0 Å². The Bertz CT molecular complexity index is 185. The summed E-state index contributed by atoms with van der Waals surface area (Å²) < 4.78 is 0. The molecule has 0 saturated heterocycles. The summed E-state index contributed by atoms with van der Waals surface area (Å²) in [7, 11) is -0.108. The van der Waals surface area contributed by atoms with Gasteiger partial charge in [0, 0.05) is 4.90 Å². The lowest BCUT2D eigenvalue weighted by atomic mass is 10.4. The molecule has 0 amide bonds. The summed E-state index contributed by atoms with van der Waals surface area (Å²) in [5, 5.41) is 0.952. The predicted octanol–water partition coefficient (Wildman–Crippen LogP) is 0.212. The Labute approximate surface area is 62.1 Å². The van der Waals surface area contributed by atoms with Gasteiger partial charge in [0.15, 0.2) is 0 Å². The van der Waals surface area contributed by atoms with Crippen LogP contribution in [0.5, 0.6) is 0 Å². The zero-order chi connectivity index (χ0) is 6.69. The summed E-state index contributed by atoms with van der Waals surface area (Å²) in [6, 6.07) is 7.45. The van der Waals surface area contributed by atoms with Crippen LogP contribution >= 0.6 is 12.6 Å². The average Bonchev–Trinajstić information content (AvgIpc) is 1.90. The molecule has 1 aromatic carbocycles. The topological polar surface area (TPSA) is 20.2 Å². The Hall–Kier alpha value is -0.253. The minimum Gasteiger partial charge on any atom is -0.428 e. The van der Waals surface area contributed by atoms with Gasteiger partial charge >= 0.3 is 0 Å². The summed E-state index contributed by atoms with van der Waals surface area (Å²) in [4.78, 5) is 9.56. The Morgan fingerprint density at radius 2 is 1.78 bits per heavy atom. The van der Waals surface area contributed by atoms with Gasteiger partial charge in [0.05, 0.1) is 0 Å². The number of hydrogen-bond acceptors (Lipinski definition) is 2. The maximum absolute atomic E-state index is 8.63. The number of thiol groups is 1. The van der Waals surface area contributed by atoms with Gasteiger partial charge in [0.2, 0.25) is 0 Å². The van der Waals surface area contributed by atoms with Gasteiger partial charge in [-0.25, -0.2) is 0 Å². The minimum absolute atomic E-state index is 0.108. The highest BCUT2D eigenvalue weighted by atomic mass is 32.1. The minimum atomic E-state index is -0.108. The van der Waals surface area contributed by atoms with Crippen LogP contribution in [0.4, 0.5) is 0 Å². The van der Waals surface area contributed by atoms with Gasteiger partial charge in [-0.3, -0.25) is 0 Å². The maximum atomic E-state index is 8.63. The fourth-order valence-electron chi connectivity index (χ4n) is 0.536. The van der Waals surface area contributed by atoms with Gasteiger partial charge in [-0.15, -0.1) is 12.6 Å². The fraction of sp³-hybridized carbons (Fsp3) is 0. The van der Waals surface area contributed by atoms with Crippen molar-refractivity contribution in [3.8, 4) is 0 Å². The molecule has 9 heavy (non-hydrogen) atoms. The molecular weight excluding hydrogens is 148 g/mol. The van der Waals surface area contributed by atoms with Gasteiger partial charge in [-0.2, -0.15) is 0 Å². The first-order valence-corrected chi connectivity index (χ1v) is 3.91. The zero-order valence-corrected chi connectivity index (χ0v) is 6.60. The largest absolute Gasteiger partial charge is 0.428 e. The van der Waals surface area contributed by atoms with E-state index in [2.05, 4.69) is 12.6 Å². The van der Waals surface area contributed by atoms with E-state index in [4.69, 9.17) is 4.80 Å². The molecule has 2 radical (unpaired) electrons. The fourth-order valence-corrected chi connectivity index (χ4v) is 1.00. The third kappa shape index (κ3) is 1.85. The molecule has 0 heterocycles. The molecule has 46 valence electrons. The van der Waals surface area contributed by atoms with E-state index in [9.17, 15) is 0 Å². The lowest BCUT2D eigenvalue weighted by molar-refractivity contribution is 0.615. The van der Waals surface area contributed by atoms with Crippen molar-refractivity contribution in [2.75, 3.05) is 0 Å². The van der Waals surface area contributed by atoms with Crippen molar-refractivity contribution in [2.24, 2.45) is 0 Å². The van der Waals surface area contributed by atoms with E-state index in [0.29, 0.717) is 0 Å². The van der Waals surface area contributed by atoms with Crippen molar-refractivity contribution < 1.29 is 4.80 Å². The van der Waals surface area contributed by atoms with Gasteiger partial charge in [-0.1, -0.05) is 12.1 Å². The molecule has 1 N–H and O–H groups in total. The summed E-state index contributed by atoms with van der Waals surface area (Å²) >= 11 is 4.09. The monoisotopic (exact) mass is 154 g/mol. The molecule has 1 rings (SSSR count). The highest BCUT2D eigenvalue weighted by Crippen LogP contribution is 1.99. The van der Waals surface area contributed by atoms with Crippen LogP contribution in [0.25, 0.3) is 0 Å². The smallest absolute Gasteiger partial charge is 0.265 e. The molecule has 0 aliphatic heterocycles. The summed E-state index contributed by atoms with van der Waals surface area (Å²) in [5.74, 6) is 0. The van der Waals surface area contributed by atoms with Crippen LogP contribution in [0.15, 0.2) is 29.2 Å². The Kier molecular flexibility index (Phi) is 2.33. The van der Waals surface area contributed by atoms with E-state index in [-0.39, 0.29) is 9.76 Å². The molecule has 0 saturated carbocycles. The standard InChI is InChI=1S/C6H6OSSi/c7-9-6-3-1-5(8)2-4-6/h1-4,7-8H. The van der Waals surface area contributed by atoms with E-state index >= 15 is 0 Å². The third-order valence-corrected chi connectivity index (χ3v) is 1.89. The molecule has 0 fully saturated rings. The number of rotatable bonds is 1. The number of benzene rings is 1. The second-order valence-electron chi connectivity index (χ2n) is 1.66. The van der Waals surface area contributed by atoms with Crippen molar-refractivity contribution in [3.63, 3.8) is 0 Å². The lowest BCUT2D eigenvalue weighted by Gasteiger charge is -1.91. The molecule has 3 heteroatoms. The Morgan fingerprint density at radius 1 is 1.22 bits per heavy atom. The second-order valence-corrected chi connectivity index (χ2v) is 2.98. The molecule has 0 unspecified atom stereocenters. The van der Waals surface area contributed by atoms with E-state index in [1.165, 1.54) is 0 Å². The highest BCUT2D eigenvalue weighted by molar-refractivity contribution is 7.80. The van der Waals surface area contributed by atoms with Crippen LogP contribution in [-0.4, -0.2) is 14.6 Å². The van der Waals surface area contributed by atoms with E-state index in [1.807, 2.05) is 24.3 Å². The van der Waals surface area contributed by atoms with Gasteiger partial charge in [0.1, 0.15) is 0 Å². The molecular formula is C6H6OSSi. The van der Waals surface area contributed by atoms with Crippen LogP contribution in [0.1, 0.15) is 0 Å². The third-order valence-electron chi connectivity index (χ3n) is 0.996. The normalized spacial score (nSPS) is 9.56. The summed E-state index contributed by atoms with van der Waals surface area (Å²) in [6.45, 7) is 0.